The van der Waals surface area contributed by atoms with Crippen LogP contribution < -0.4 is 15.1 Å². The summed E-state index contributed by atoms with van der Waals surface area (Å²) in [4.78, 5) is 34.2. The number of nitrogens with one attached hydrogen (secondary N) is 1. The van der Waals surface area contributed by atoms with Gasteiger partial charge in [0, 0.05) is 37.2 Å². The van der Waals surface area contributed by atoms with Crippen molar-refractivity contribution < 1.29 is 14.0 Å². The van der Waals surface area contributed by atoms with E-state index in [4.69, 9.17) is 4.42 Å². The average molecular weight is 416 g/mol. The Morgan fingerprint density at radius 2 is 1.90 bits per heavy atom. The van der Waals surface area contributed by atoms with E-state index in [0.29, 0.717) is 17.7 Å². The Morgan fingerprint density at radius 1 is 1.03 bits per heavy atom. The second-order valence-electron chi connectivity index (χ2n) is 7.94. The molecule has 31 heavy (non-hydrogen) atoms. The molecule has 4 heterocycles. The largest absolute Gasteiger partial charge is 0.472 e. The standard InChI is InChI=1S/C24H24N4O3/c29-23(20-5-4-10-25-22(20)27-11-2-1-3-12-27)26-19-6-7-21-17(15-19)8-13-28(21)24(30)18-9-14-31-16-18/h4-7,9-10,14-16H,1-3,8,11-13H2,(H,26,29). The van der Waals surface area contributed by atoms with Crippen LogP contribution in [0.1, 0.15) is 45.5 Å². The molecule has 0 bridgehead atoms. The zero-order valence-electron chi connectivity index (χ0n) is 17.2. The Morgan fingerprint density at radius 3 is 2.71 bits per heavy atom. The zero-order chi connectivity index (χ0) is 21.2. The molecular weight excluding hydrogens is 392 g/mol. The van der Waals surface area contributed by atoms with E-state index in [1.165, 1.54) is 18.9 Å². The predicted molar refractivity (Wildman–Crippen MR) is 119 cm³/mol. The second-order valence-corrected chi connectivity index (χ2v) is 7.94. The van der Waals surface area contributed by atoms with Gasteiger partial charge in [-0.3, -0.25) is 9.59 Å². The summed E-state index contributed by atoms with van der Waals surface area (Å²) in [5.41, 5.74) is 3.75. The van der Waals surface area contributed by atoms with Crippen LogP contribution in [0, 0.1) is 0 Å². The normalized spacial score (nSPS) is 15.6. The molecule has 0 radical (unpaired) electrons. The van der Waals surface area contributed by atoms with Gasteiger partial charge in [-0.05, 0) is 67.6 Å². The van der Waals surface area contributed by atoms with Crippen LogP contribution in [0.2, 0.25) is 0 Å². The first-order chi connectivity index (χ1) is 15.2. The molecule has 2 aliphatic rings. The molecule has 158 valence electrons. The summed E-state index contributed by atoms with van der Waals surface area (Å²) in [6.45, 7) is 2.46. The van der Waals surface area contributed by atoms with Crippen LogP contribution in [0.25, 0.3) is 0 Å². The Hall–Kier alpha value is -3.61. The molecule has 1 fully saturated rings. The van der Waals surface area contributed by atoms with Gasteiger partial charge in [0.2, 0.25) is 0 Å². The summed E-state index contributed by atoms with van der Waals surface area (Å²) in [7, 11) is 0. The first-order valence-electron chi connectivity index (χ1n) is 10.7. The number of amides is 2. The van der Waals surface area contributed by atoms with Crippen molar-refractivity contribution in [1.82, 2.24) is 4.98 Å². The maximum absolute atomic E-state index is 13.1. The van der Waals surface area contributed by atoms with Gasteiger partial charge in [0.05, 0.1) is 17.4 Å². The van der Waals surface area contributed by atoms with Crippen molar-refractivity contribution in [2.24, 2.45) is 0 Å². The van der Waals surface area contributed by atoms with Crippen molar-refractivity contribution >= 4 is 29.0 Å². The predicted octanol–water partition coefficient (Wildman–Crippen LogP) is 4.12. The van der Waals surface area contributed by atoms with Gasteiger partial charge in [-0.25, -0.2) is 4.98 Å². The highest BCUT2D eigenvalue weighted by Crippen LogP contribution is 2.32. The fraction of sp³-hybridized carbons (Fsp3) is 0.292. The fourth-order valence-corrected chi connectivity index (χ4v) is 4.36. The van der Waals surface area contributed by atoms with Gasteiger partial charge in [0.1, 0.15) is 12.1 Å². The summed E-state index contributed by atoms with van der Waals surface area (Å²) >= 11 is 0. The van der Waals surface area contributed by atoms with Crippen molar-refractivity contribution in [3.05, 3.63) is 71.8 Å². The highest BCUT2D eigenvalue weighted by atomic mass is 16.3. The van der Waals surface area contributed by atoms with Crippen molar-refractivity contribution in [3.63, 3.8) is 0 Å². The van der Waals surface area contributed by atoms with Gasteiger partial charge in [-0.1, -0.05) is 0 Å². The van der Waals surface area contributed by atoms with Crippen LogP contribution in [-0.4, -0.2) is 36.4 Å². The minimum Gasteiger partial charge on any atom is -0.472 e. The lowest BCUT2D eigenvalue weighted by Crippen LogP contribution is -2.32. The van der Waals surface area contributed by atoms with Crippen molar-refractivity contribution in [1.29, 1.82) is 0 Å². The Bertz CT molecular complexity index is 1100. The molecule has 1 saturated heterocycles. The maximum Gasteiger partial charge on any atom is 0.261 e. The van der Waals surface area contributed by atoms with Gasteiger partial charge in [-0.15, -0.1) is 0 Å². The molecule has 0 spiro atoms. The van der Waals surface area contributed by atoms with Gasteiger partial charge in [0.25, 0.3) is 11.8 Å². The van der Waals surface area contributed by atoms with E-state index in [1.807, 2.05) is 24.3 Å². The van der Waals surface area contributed by atoms with Crippen LogP contribution >= 0.6 is 0 Å². The number of rotatable bonds is 4. The lowest BCUT2D eigenvalue weighted by molar-refractivity contribution is 0.0987. The lowest BCUT2D eigenvalue weighted by Gasteiger charge is -2.29. The molecular formula is C24H24N4O3. The first-order valence-corrected chi connectivity index (χ1v) is 10.7. The first kappa shape index (κ1) is 19.4. The summed E-state index contributed by atoms with van der Waals surface area (Å²) < 4.78 is 5.04. The number of pyridine rings is 1. The number of anilines is 3. The molecule has 0 atom stereocenters. The molecule has 1 N–H and O–H groups in total. The number of carbonyl (C=O) groups excluding carboxylic acids is 2. The van der Waals surface area contributed by atoms with E-state index in [2.05, 4.69) is 15.2 Å². The highest BCUT2D eigenvalue weighted by molar-refractivity contribution is 6.09. The lowest BCUT2D eigenvalue weighted by atomic mass is 10.1. The molecule has 1 aromatic carbocycles. The Labute approximate surface area is 180 Å². The van der Waals surface area contributed by atoms with E-state index in [9.17, 15) is 9.59 Å². The third-order valence-corrected chi connectivity index (χ3v) is 5.93. The van der Waals surface area contributed by atoms with Crippen molar-refractivity contribution in [2.75, 3.05) is 34.8 Å². The monoisotopic (exact) mass is 416 g/mol. The summed E-state index contributed by atoms with van der Waals surface area (Å²) in [5.74, 6) is 0.501. The number of carbonyl (C=O) groups is 2. The van der Waals surface area contributed by atoms with Crippen LogP contribution in [0.15, 0.2) is 59.5 Å². The average Bonchev–Trinajstić information content (AvgIpc) is 3.49. The number of piperidine rings is 1. The van der Waals surface area contributed by atoms with Crippen molar-refractivity contribution in [2.45, 2.75) is 25.7 Å². The minimum absolute atomic E-state index is 0.0779. The molecule has 5 rings (SSSR count). The third-order valence-electron chi connectivity index (χ3n) is 5.93. The number of hydrogen-bond donors (Lipinski definition) is 1. The number of aromatic nitrogens is 1. The van der Waals surface area contributed by atoms with E-state index >= 15 is 0 Å². The highest BCUT2D eigenvalue weighted by Gasteiger charge is 2.27. The van der Waals surface area contributed by atoms with Gasteiger partial charge in [0.15, 0.2) is 0 Å². The molecule has 7 heteroatoms. The zero-order valence-corrected chi connectivity index (χ0v) is 17.2. The minimum atomic E-state index is -0.169. The second kappa shape index (κ2) is 8.26. The van der Waals surface area contributed by atoms with Gasteiger partial charge in [-0.2, -0.15) is 0 Å². The fourth-order valence-electron chi connectivity index (χ4n) is 4.36. The Balaban J connectivity index is 1.34. The molecule has 0 aliphatic carbocycles. The number of fused-ring (bicyclic) bond motifs is 1. The number of furan rings is 1. The molecule has 2 aromatic heterocycles. The van der Waals surface area contributed by atoms with Gasteiger partial charge >= 0.3 is 0 Å². The SMILES string of the molecule is O=C(Nc1ccc2c(c1)CCN2C(=O)c1ccoc1)c1cccnc1N1CCCCC1. The number of nitrogens with zero attached hydrogens (tertiary/aromatic N) is 3. The van der Waals surface area contributed by atoms with Crippen LogP contribution in [0.5, 0.6) is 0 Å². The summed E-state index contributed by atoms with van der Waals surface area (Å²) in [5, 5.41) is 3.01. The summed E-state index contributed by atoms with van der Waals surface area (Å²) in [6.07, 6.45) is 8.91. The van der Waals surface area contributed by atoms with Crippen molar-refractivity contribution in [3.8, 4) is 0 Å². The smallest absolute Gasteiger partial charge is 0.261 e. The summed E-state index contributed by atoms with van der Waals surface area (Å²) in [6, 6.07) is 11.0. The van der Waals surface area contributed by atoms with E-state index in [-0.39, 0.29) is 11.8 Å². The Kier molecular flexibility index (Phi) is 5.16. The molecule has 0 saturated carbocycles. The van der Waals surface area contributed by atoms with Crippen LogP contribution in [0.3, 0.4) is 0 Å². The van der Waals surface area contributed by atoms with Crippen LogP contribution in [-0.2, 0) is 6.42 Å². The molecule has 3 aromatic rings. The molecule has 2 aliphatic heterocycles. The number of hydrogen-bond acceptors (Lipinski definition) is 5. The van der Waals surface area contributed by atoms with E-state index < -0.39 is 0 Å². The molecule has 7 nitrogen and oxygen atoms in total. The van der Waals surface area contributed by atoms with E-state index in [0.717, 1.165) is 55.1 Å². The number of benzene rings is 1. The third kappa shape index (κ3) is 3.79. The van der Waals surface area contributed by atoms with Gasteiger partial charge < -0.3 is 19.5 Å². The van der Waals surface area contributed by atoms with E-state index in [1.54, 1.807) is 23.2 Å². The maximum atomic E-state index is 13.1. The molecule has 2 amide bonds. The van der Waals surface area contributed by atoms with Crippen LogP contribution in [0.4, 0.5) is 17.2 Å². The quantitative estimate of drug-likeness (QED) is 0.692. The topological polar surface area (TPSA) is 78.7 Å². The molecule has 0 unspecified atom stereocenters.